The molecule has 0 radical (unpaired) electrons. The molecule has 0 aromatic carbocycles. The number of aromatic nitrogens is 2. The maximum absolute atomic E-state index is 5.24. The molecule has 7 heteroatoms. The van der Waals surface area contributed by atoms with Gasteiger partial charge in [-0.3, -0.25) is 4.99 Å². The molecule has 0 bridgehead atoms. The van der Waals surface area contributed by atoms with Crippen molar-refractivity contribution in [3.63, 3.8) is 0 Å². The summed E-state index contributed by atoms with van der Waals surface area (Å²) in [5, 5.41) is 6.38. The highest BCUT2D eigenvalue weighted by atomic mass is 127. The predicted octanol–water partition coefficient (Wildman–Crippen LogP) is 1.50. The number of hydrogen-bond acceptors (Lipinski definition) is 3. The van der Waals surface area contributed by atoms with Crippen LogP contribution in [-0.4, -0.2) is 22.6 Å². The third-order valence-electron chi connectivity index (χ3n) is 2.59. The van der Waals surface area contributed by atoms with E-state index in [1.54, 1.807) is 19.6 Å². The van der Waals surface area contributed by atoms with Gasteiger partial charge in [-0.2, -0.15) is 0 Å². The lowest BCUT2D eigenvalue weighted by Crippen LogP contribution is -2.36. The molecule has 2 rings (SSSR count). The first kappa shape index (κ1) is 15.5. The van der Waals surface area contributed by atoms with E-state index in [1.807, 2.05) is 29.9 Å². The number of aliphatic imine (C=N–C) groups is 1. The highest BCUT2D eigenvalue weighted by Crippen LogP contribution is 1.98. The lowest BCUT2D eigenvalue weighted by Gasteiger charge is -2.10. The van der Waals surface area contributed by atoms with E-state index in [4.69, 9.17) is 4.42 Å². The summed E-state index contributed by atoms with van der Waals surface area (Å²) in [6, 6.07) is 3.78. The van der Waals surface area contributed by atoms with Gasteiger partial charge in [0.15, 0.2) is 5.96 Å². The maximum Gasteiger partial charge on any atom is 0.191 e. The van der Waals surface area contributed by atoms with Gasteiger partial charge in [0.05, 0.1) is 31.4 Å². The van der Waals surface area contributed by atoms with Crippen molar-refractivity contribution < 1.29 is 4.42 Å². The molecule has 0 aliphatic rings. The maximum atomic E-state index is 5.24. The molecule has 0 unspecified atom stereocenters. The Morgan fingerprint density at radius 3 is 2.79 bits per heavy atom. The van der Waals surface area contributed by atoms with Crippen molar-refractivity contribution >= 4 is 29.9 Å². The molecule has 19 heavy (non-hydrogen) atoms. The molecule has 2 N–H and O–H groups in total. The van der Waals surface area contributed by atoms with E-state index in [0.717, 1.165) is 17.4 Å². The van der Waals surface area contributed by atoms with E-state index in [9.17, 15) is 0 Å². The lowest BCUT2D eigenvalue weighted by atomic mass is 10.4. The Kier molecular flexibility index (Phi) is 6.40. The molecule has 0 amide bonds. The number of guanidine groups is 1. The molecule has 6 nitrogen and oxygen atoms in total. The Balaban J connectivity index is 0.00000180. The van der Waals surface area contributed by atoms with Crippen molar-refractivity contribution in [2.75, 3.05) is 7.05 Å². The number of nitrogens with zero attached hydrogens (tertiary/aromatic N) is 3. The normalized spacial score (nSPS) is 10.9. The zero-order valence-corrected chi connectivity index (χ0v) is 13.3. The summed E-state index contributed by atoms with van der Waals surface area (Å²) < 4.78 is 7.20. The molecular formula is C12H18IN5O. The molecule has 0 saturated carbocycles. The minimum absolute atomic E-state index is 0. The summed E-state index contributed by atoms with van der Waals surface area (Å²) in [5.41, 5.74) is 1.09. The highest BCUT2D eigenvalue weighted by Gasteiger charge is 2.02. The second kappa shape index (κ2) is 7.82. The first-order valence-electron chi connectivity index (χ1n) is 5.71. The standard InChI is InChI=1S/C12H17N5O.HI/c1-13-12(16-8-11-4-3-5-18-11)15-7-10-6-14-9-17(10)2;/h3-6,9H,7-8H2,1-2H3,(H2,13,15,16);1H. The van der Waals surface area contributed by atoms with Crippen molar-refractivity contribution in [1.29, 1.82) is 0 Å². The second-order valence-electron chi connectivity index (χ2n) is 3.85. The van der Waals surface area contributed by atoms with Gasteiger partial charge >= 0.3 is 0 Å². The average molecular weight is 375 g/mol. The average Bonchev–Trinajstić information content (AvgIpc) is 3.01. The highest BCUT2D eigenvalue weighted by molar-refractivity contribution is 14.0. The predicted molar refractivity (Wildman–Crippen MR) is 84.4 cm³/mol. The molecule has 0 spiro atoms. The molecule has 0 fully saturated rings. The van der Waals surface area contributed by atoms with Gasteiger partial charge in [-0.05, 0) is 12.1 Å². The van der Waals surface area contributed by atoms with E-state index >= 15 is 0 Å². The van der Waals surface area contributed by atoms with E-state index in [1.165, 1.54) is 0 Å². The van der Waals surface area contributed by atoms with Gasteiger partial charge in [-0.15, -0.1) is 24.0 Å². The number of rotatable bonds is 4. The van der Waals surface area contributed by atoms with Crippen molar-refractivity contribution in [1.82, 2.24) is 20.2 Å². The molecule has 2 aromatic heterocycles. The fourth-order valence-corrected chi connectivity index (χ4v) is 1.53. The Morgan fingerprint density at radius 2 is 2.21 bits per heavy atom. The zero-order valence-electron chi connectivity index (χ0n) is 11.0. The largest absolute Gasteiger partial charge is 0.467 e. The fourth-order valence-electron chi connectivity index (χ4n) is 1.53. The minimum Gasteiger partial charge on any atom is -0.467 e. The third kappa shape index (κ3) is 4.58. The third-order valence-corrected chi connectivity index (χ3v) is 2.59. The molecular weight excluding hydrogens is 357 g/mol. The molecule has 0 atom stereocenters. The van der Waals surface area contributed by atoms with E-state index in [0.29, 0.717) is 13.1 Å². The fraction of sp³-hybridized carbons (Fsp3) is 0.333. The number of furan rings is 1. The van der Waals surface area contributed by atoms with Crippen LogP contribution < -0.4 is 10.6 Å². The van der Waals surface area contributed by atoms with Gasteiger partial charge < -0.3 is 19.6 Å². The summed E-state index contributed by atoms with van der Waals surface area (Å²) >= 11 is 0. The summed E-state index contributed by atoms with van der Waals surface area (Å²) in [6.07, 6.45) is 5.26. The van der Waals surface area contributed by atoms with E-state index in [-0.39, 0.29) is 24.0 Å². The van der Waals surface area contributed by atoms with Crippen molar-refractivity contribution in [3.8, 4) is 0 Å². The SMILES string of the molecule is CN=C(NCc1ccco1)NCc1cncn1C.I. The van der Waals surface area contributed by atoms with Crippen LogP contribution in [0.5, 0.6) is 0 Å². The van der Waals surface area contributed by atoms with Crippen LogP contribution in [0.3, 0.4) is 0 Å². The van der Waals surface area contributed by atoms with Gasteiger partial charge in [-0.25, -0.2) is 4.98 Å². The zero-order chi connectivity index (χ0) is 12.8. The Morgan fingerprint density at radius 1 is 1.42 bits per heavy atom. The Bertz CT molecular complexity index is 506. The smallest absolute Gasteiger partial charge is 0.191 e. The monoisotopic (exact) mass is 375 g/mol. The van der Waals surface area contributed by atoms with Crippen molar-refractivity contribution in [2.24, 2.45) is 12.0 Å². The van der Waals surface area contributed by atoms with Crippen LogP contribution >= 0.6 is 24.0 Å². The number of nitrogens with one attached hydrogen (secondary N) is 2. The number of halogens is 1. The van der Waals surface area contributed by atoms with Crippen molar-refractivity contribution in [3.05, 3.63) is 42.4 Å². The molecule has 104 valence electrons. The molecule has 2 heterocycles. The minimum atomic E-state index is 0. The summed E-state index contributed by atoms with van der Waals surface area (Å²) in [6.45, 7) is 1.28. The number of hydrogen-bond donors (Lipinski definition) is 2. The quantitative estimate of drug-likeness (QED) is 0.483. The molecule has 2 aromatic rings. The van der Waals surface area contributed by atoms with Crippen LogP contribution in [0.25, 0.3) is 0 Å². The number of imidazole rings is 1. The van der Waals surface area contributed by atoms with Crippen LogP contribution in [-0.2, 0) is 20.1 Å². The van der Waals surface area contributed by atoms with E-state index < -0.39 is 0 Å². The van der Waals surface area contributed by atoms with E-state index in [2.05, 4.69) is 20.6 Å². The first-order valence-corrected chi connectivity index (χ1v) is 5.71. The van der Waals surface area contributed by atoms with Crippen LogP contribution in [0, 0.1) is 0 Å². The van der Waals surface area contributed by atoms with Gasteiger partial charge in [0.25, 0.3) is 0 Å². The summed E-state index contributed by atoms with van der Waals surface area (Å²) in [4.78, 5) is 8.20. The summed E-state index contributed by atoms with van der Waals surface area (Å²) in [7, 11) is 3.70. The lowest BCUT2D eigenvalue weighted by molar-refractivity contribution is 0.501. The van der Waals surface area contributed by atoms with Crippen LogP contribution in [0.15, 0.2) is 40.3 Å². The molecule has 0 aliphatic heterocycles. The van der Waals surface area contributed by atoms with Crippen molar-refractivity contribution in [2.45, 2.75) is 13.1 Å². The molecule has 0 aliphatic carbocycles. The first-order chi connectivity index (χ1) is 8.79. The van der Waals surface area contributed by atoms with Gasteiger partial charge in [-0.1, -0.05) is 0 Å². The van der Waals surface area contributed by atoms with Gasteiger partial charge in [0.1, 0.15) is 5.76 Å². The van der Waals surface area contributed by atoms with Gasteiger partial charge in [0.2, 0.25) is 0 Å². The second-order valence-corrected chi connectivity index (χ2v) is 3.85. The van der Waals surface area contributed by atoms with Crippen LogP contribution in [0.2, 0.25) is 0 Å². The Hall–Kier alpha value is -1.51. The Labute approximate surface area is 129 Å². The van der Waals surface area contributed by atoms with Crippen LogP contribution in [0.1, 0.15) is 11.5 Å². The van der Waals surface area contributed by atoms with Crippen LogP contribution in [0.4, 0.5) is 0 Å². The topological polar surface area (TPSA) is 67.4 Å². The molecule has 0 saturated heterocycles. The number of aryl methyl sites for hydroxylation is 1. The summed E-state index contributed by atoms with van der Waals surface area (Å²) in [5.74, 6) is 1.60. The van der Waals surface area contributed by atoms with Gasteiger partial charge in [0, 0.05) is 20.3 Å².